The minimum absolute atomic E-state index is 0.282. The van der Waals surface area contributed by atoms with Crippen LogP contribution in [0.5, 0.6) is 11.5 Å². The van der Waals surface area contributed by atoms with Crippen molar-refractivity contribution in [3.8, 4) is 22.6 Å². The first-order valence-electron chi connectivity index (χ1n) is 6.61. The lowest BCUT2D eigenvalue weighted by Gasteiger charge is -2.12. The molecule has 21 heavy (non-hydrogen) atoms. The Morgan fingerprint density at radius 2 is 1.62 bits per heavy atom. The van der Waals surface area contributed by atoms with Crippen molar-refractivity contribution in [1.82, 2.24) is 0 Å². The molecule has 0 heterocycles. The second-order valence-electron chi connectivity index (χ2n) is 4.68. The van der Waals surface area contributed by atoms with Crippen LogP contribution in [0.2, 0.25) is 0 Å². The molecule has 0 atom stereocenters. The molecule has 0 aliphatic carbocycles. The lowest BCUT2D eigenvalue weighted by molar-refractivity contribution is 0.485. The van der Waals surface area contributed by atoms with Crippen molar-refractivity contribution in [2.45, 2.75) is 0 Å². The molecule has 2 nitrogen and oxygen atoms in total. The molecule has 0 aliphatic rings. The van der Waals surface area contributed by atoms with Gasteiger partial charge < -0.3 is 10.5 Å². The highest BCUT2D eigenvalue weighted by Gasteiger charge is 2.09. The fraction of sp³-hybridized carbons (Fsp3) is 0. The first-order chi connectivity index (χ1) is 10.2. The van der Waals surface area contributed by atoms with E-state index < -0.39 is 0 Å². The van der Waals surface area contributed by atoms with Crippen LogP contribution in [0.3, 0.4) is 0 Å². The van der Waals surface area contributed by atoms with Gasteiger partial charge in [0.1, 0.15) is 17.3 Å². The summed E-state index contributed by atoms with van der Waals surface area (Å²) in [5, 5.41) is 0. The summed E-state index contributed by atoms with van der Waals surface area (Å²) in [5.74, 6) is 1.03. The van der Waals surface area contributed by atoms with Gasteiger partial charge in [0.15, 0.2) is 0 Å². The SMILES string of the molecule is Nc1ccc(-c2cccc(F)c2)c(Oc2ccccc2)c1. The first kappa shape index (κ1) is 13.2. The summed E-state index contributed by atoms with van der Waals surface area (Å²) in [6.45, 7) is 0. The number of halogens is 1. The van der Waals surface area contributed by atoms with Crippen molar-refractivity contribution in [2.75, 3.05) is 5.73 Å². The standard InChI is InChI=1S/C18H14FNO/c19-14-6-4-5-13(11-14)17-10-9-15(20)12-18(17)21-16-7-2-1-3-8-16/h1-12H,20H2. The Hall–Kier alpha value is -2.81. The molecule has 0 saturated heterocycles. The van der Waals surface area contributed by atoms with Gasteiger partial charge in [-0.2, -0.15) is 0 Å². The summed E-state index contributed by atoms with van der Waals surface area (Å²) >= 11 is 0. The maximum Gasteiger partial charge on any atom is 0.137 e. The van der Waals surface area contributed by atoms with Crippen LogP contribution in [0.25, 0.3) is 11.1 Å². The highest BCUT2D eigenvalue weighted by molar-refractivity contribution is 5.73. The van der Waals surface area contributed by atoms with Gasteiger partial charge in [-0.1, -0.05) is 30.3 Å². The van der Waals surface area contributed by atoms with Crippen molar-refractivity contribution < 1.29 is 9.13 Å². The van der Waals surface area contributed by atoms with Gasteiger partial charge in [-0.25, -0.2) is 4.39 Å². The lowest BCUT2D eigenvalue weighted by atomic mass is 10.0. The fourth-order valence-corrected chi connectivity index (χ4v) is 2.13. The largest absolute Gasteiger partial charge is 0.457 e. The molecule has 0 saturated carbocycles. The minimum atomic E-state index is -0.282. The van der Waals surface area contributed by atoms with Gasteiger partial charge in [0.25, 0.3) is 0 Å². The van der Waals surface area contributed by atoms with E-state index in [1.807, 2.05) is 42.5 Å². The van der Waals surface area contributed by atoms with Crippen molar-refractivity contribution >= 4 is 5.69 Å². The van der Waals surface area contributed by atoms with E-state index in [9.17, 15) is 4.39 Å². The van der Waals surface area contributed by atoms with Crippen molar-refractivity contribution in [3.63, 3.8) is 0 Å². The van der Waals surface area contributed by atoms with E-state index in [2.05, 4.69) is 0 Å². The van der Waals surface area contributed by atoms with Crippen molar-refractivity contribution in [1.29, 1.82) is 0 Å². The molecule has 0 fully saturated rings. The van der Waals surface area contributed by atoms with Gasteiger partial charge in [0.05, 0.1) is 0 Å². The van der Waals surface area contributed by atoms with Gasteiger partial charge in [-0.05, 0) is 42.0 Å². The smallest absolute Gasteiger partial charge is 0.137 e. The van der Waals surface area contributed by atoms with E-state index in [0.29, 0.717) is 17.2 Å². The Morgan fingerprint density at radius 3 is 2.38 bits per heavy atom. The number of ether oxygens (including phenoxy) is 1. The molecular weight excluding hydrogens is 265 g/mol. The lowest BCUT2D eigenvalue weighted by Crippen LogP contribution is -1.92. The van der Waals surface area contributed by atoms with Crippen LogP contribution in [0.1, 0.15) is 0 Å². The number of nitrogens with two attached hydrogens (primary N) is 1. The predicted molar refractivity (Wildman–Crippen MR) is 82.8 cm³/mol. The number of benzene rings is 3. The zero-order valence-corrected chi connectivity index (χ0v) is 11.3. The average Bonchev–Trinajstić information content (AvgIpc) is 2.48. The predicted octanol–water partition coefficient (Wildman–Crippen LogP) is 4.87. The van der Waals surface area contributed by atoms with Crippen molar-refractivity contribution in [3.05, 3.63) is 78.6 Å². The molecule has 3 heteroatoms. The number of nitrogen functional groups attached to an aromatic ring is 1. The summed E-state index contributed by atoms with van der Waals surface area (Å²) in [6, 6.07) is 21.2. The maximum absolute atomic E-state index is 13.4. The highest BCUT2D eigenvalue weighted by atomic mass is 19.1. The summed E-state index contributed by atoms with van der Waals surface area (Å²) < 4.78 is 19.3. The van der Waals surface area contributed by atoms with E-state index in [4.69, 9.17) is 10.5 Å². The molecule has 0 unspecified atom stereocenters. The number of rotatable bonds is 3. The Bertz CT molecular complexity index is 756. The molecule has 0 spiro atoms. The van der Waals surface area contributed by atoms with E-state index in [0.717, 1.165) is 11.1 Å². The van der Waals surface area contributed by atoms with Crippen LogP contribution in [-0.4, -0.2) is 0 Å². The van der Waals surface area contributed by atoms with Crippen LogP contribution in [0.4, 0.5) is 10.1 Å². The highest BCUT2D eigenvalue weighted by Crippen LogP contribution is 2.35. The van der Waals surface area contributed by atoms with Gasteiger partial charge in [0, 0.05) is 17.3 Å². The van der Waals surface area contributed by atoms with Crippen LogP contribution in [0.15, 0.2) is 72.8 Å². The fourth-order valence-electron chi connectivity index (χ4n) is 2.13. The molecule has 3 aromatic rings. The van der Waals surface area contributed by atoms with E-state index in [1.54, 1.807) is 18.2 Å². The number of hydrogen-bond acceptors (Lipinski definition) is 2. The van der Waals surface area contributed by atoms with Gasteiger partial charge in [-0.15, -0.1) is 0 Å². The number of hydrogen-bond donors (Lipinski definition) is 1. The summed E-state index contributed by atoms with van der Waals surface area (Å²) in [5.41, 5.74) is 7.98. The Kier molecular flexibility index (Phi) is 3.56. The van der Waals surface area contributed by atoms with Gasteiger partial charge in [-0.3, -0.25) is 0 Å². The molecular formula is C18H14FNO. The summed E-state index contributed by atoms with van der Waals surface area (Å²) in [7, 11) is 0. The molecule has 2 N–H and O–H groups in total. The molecule has 0 amide bonds. The molecule has 0 radical (unpaired) electrons. The topological polar surface area (TPSA) is 35.2 Å². The molecule has 3 rings (SSSR count). The third kappa shape index (κ3) is 3.03. The zero-order chi connectivity index (χ0) is 14.7. The monoisotopic (exact) mass is 279 g/mol. The zero-order valence-electron chi connectivity index (χ0n) is 11.3. The molecule has 0 aliphatic heterocycles. The summed E-state index contributed by atoms with van der Waals surface area (Å²) in [4.78, 5) is 0. The van der Waals surface area contributed by atoms with E-state index in [1.165, 1.54) is 12.1 Å². The molecule has 0 bridgehead atoms. The van der Waals surface area contributed by atoms with Crippen LogP contribution >= 0.6 is 0 Å². The van der Waals surface area contributed by atoms with Crippen LogP contribution in [0, 0.1) is 5.82 Å². The molecule has 3 aromatic carbocycles. The van der Waals surface area contributed by atoms with Crippen molar-refractivity contribution in [2.24, 2.45) is 0 Å². The average molecular weight is 279 g/mol. The minimum Gasteiger partial charge on any atom is -0.457 e. The normalized spacial score (nSPS) is 10.3. The Morgan fingerprint density at radius 1 is 0.810 bits per heavy atom. The van der Waals surface area contributed by atoms with Crippen LogP contribution < -0.4 is 10.5 Å². The molecule has 104 valence electrons. The quantitative estimate of drug-likeness (QED) is 0.694. The third-order valence-corrected chi connectivity index (χ3v) is 3.11. The maximum atomic E-state index is 13.4. The number of para-hydroxylation sites is 1. The number of anilines is 1. The third-order valence-electron chi connectivity index (χ3n) is 3.11. The molecule has 0 aromatic heterocycles. The van der Waals surface area contributed by atoms with E-state index in [-0.39, 0.29) is 5.82 Å². The van der Waals surface area contributed by atoms with Crippen LogP contribution in [-0.2, 0) is 0 Å². The Balaban J connectivity index is 2.05. The van der Waals surface area contributed by atoms with Gasteiger partial charge >= 0.3 is 0 Å². The Labute approximate surface area is 122 Å². The second-order valence-corrected chi connectivity index (χ2v) is 4.68. The first-order valence-corrected chi connectivity index (χ1v) is 6.61. The van der Waals surface area contributed by atoms with E-state index >= 15 is 0 Å². The van der Waals surface area contributed by atoms with Gasteiger partial charge in [0.2, 0.25) is 0 Å². The second kappa shape index (κ2) is 5.67. The summed E-state index contributed by atoms with van der Waals surface area (Å²) in [6.07, 6.45) is 0.